The van der Waals surface area contributed by atoms with Crippen LogP contribution in [0.25, 0.3) is 6.08 Å². The maximum atomic E-state index is 12.2. The van der Waals surface area contributed by atoms with Crippen LogP contribution in [0.1, 0.15) is 34.1 Å². The number of carbonyl (C=O) groups is 1. The molecule has 0 saturated carbocycles. The highest BCUT2D eigenvalue weighted by molar-refractivity contribution is 7.91. The molecule has 0 spiro atoms. The molecule has 0 bridgehead atoms. The summed E-state index contributed by atoms with van der Waals surface area (Å²) in [6.07, 6.45) is 3.45. The standard InChI is InChI=1S/C17H17ClN2O4S/c1-11-15(6-7-16(22)12-2-4-14(21)5-3-12)17(18)20(19-11)13-8-9-25(23,24)10-13/h2-7,13,21H,8-10H2,1H3/b7-6+/t13-/m1/s1. The molecule has 8 heteroatoms. The van der Waals surface area contributed by atoms with Crippen molar-refractivity contribution in [1.82, 2.24) is 9.78 Å². The van der Waals surface area contributed by atoms with Gasteiger partial charge in [0.25, 0.3) is 0 Å². The lowest BCUT2D eigenvalue weighted by Crippen LogP contribution is -2.12. The average molecular weight is 381 g/mol. The first-order chi connectivity index (χ1) is 11.8. The van der Waals surface area contributed by atoms with E-state index in [1.807, 2.05) is 0 Å². The molecule has 6 nitrogen and oxygen atoms in total. The van der Waals surface area contributed by atoms with E-state index < -0.39 is 9.84 Å². The Balaban J connectivity index is 1.83. The molecular weight excluding hydrogens is 364 g/mol. The first kappa shape index (κ1) is 17.7. The van der Waals surface area contributed by atoms with Crippen LogP contribution in [-0.4, -0.2) is 40.6 Å². The van der Waals surface area contributed by atoms with Gasteiger partial charge in [-0.25, -0.2) is 13.1 Å². The predicted molar refractivity (Wildman–Crippen MR) is 95.8 cm³/mol. The maximum absolute atomic E-state index is 12.2. The first-order valence-corrected chi connectivity index (χ1v) is 9.93. The van der Waals surface area contributed by atoms with Gasteiger partial charge in [-0.15, -0.1) is 0 Å². The summed E-state index contributed by atoms with van der Waals surface area (Å²) < 4.78 is 24.8. The van der Waals surface area contributed by atoms with E-state index in [-0.39, 0.29) is 29.1 Å². The van der Waals surface area contributed by atoms with E-state index in [4.69, 9.17) is 11.6 Å². The third-order valence-corrected chi connectivity index (χ3v) is 6.31. The van der Waals surface area contributed by atoms with Gasteiger partial charge in [0, 0.05) is 11.1 Å². The summed E-state index contributed by atoms with van der Waals surface area (Å²) in [4.78, 5) is 12.2. The average Bonchev–Trinajstić information content (AvgIpc) is 3.05. The highest BCUT2D eigenvalue weighted by Gasteiger charge is 2.31. The van der Waals surface area contributed by atoms with Crippen LogP contribution in [0.2, 0.25) is 5.15 Å². The normalized spacial score (nSPS) is 19.5. The Hall–Kier alpha value is -2.12. The summed E-state index contributed by atoms with van der Waals surface area (Å²) in [6.45, 7) is 1.76. The minimum Gasteiger partial charge on any atom is -0.508 e. The van der Waals surface area contributed by atoms with Gasteiger partial charge in [0.2, 0.25) is 0 Å². The second kappa shape index (κ2) is 6.65. The van der Waals surface area contributed by atoms with Gasteiger partial charge in [-0.2, -0.15) is 5.10 Å². The molecule has 1 atom stereocenters. The van der Waals surface area contributed by atoms with E-state index in [2.05, 4.69) is 5.10 Å². The highest BCUT2D eigenvalue weighted by atomic mass is 35.5. The zero-order valence-corrected chi connectivity index (χ0v) is 15.1. The number of phenols is 1. The summed E-state index contributed by atoms with van der Waals surface area (Å²) >= 11 is 6.36. The number of benzene rings is 1. The number of rotatable bonds is 4. The topological polar surface area (TPSA) is 89.3 Å². The van der Waals surface area contributed by atoms with Crippen LogP contribution >= 0.6 is 11.6 Å². The fourth-order valence-electron chi connectivity index (χ4n) is 2.81. The smallest absolute Gasteiger partial charge is 0.185 e. The van der Waals surface area contributed by atoms with Crippen LogP contribution in [0.15, 0.2) is 30.3 Å². The Kier molecular flexibility index (Phi) is 4.71. The molecule has 1 saturated heterocycles. The van der Waals surface area contributed by atoms with Crippen LogP contribution in [0.3, 0.4) is 0 Å². The van der Waals surface area contributed by atoms with Crippen molar-refractivity contribution < 1.29 is 18.3 Å². The van der Waals surface area contributed by atoms with Crippen molar-refractivity contribution in [3.63, 3.8) is 0 Å². The van der Waals surface area contributed by atoms with Gasteiger partial charge in [-0.1, -0.05) is 11.6 Å². The Labute approximate surface area is 150 Å². The monoisotopic (exact) mass is 380 g/mol. The molecule has 1 aliphatic rings. The molecule has 1 aromatic carbocycles. The molecule has 1 N–H and O–H groups in total. The van der Waals surface area contributed by atoms with Crippen molar-refractivity contribution in [2.75, 3.05) is 11.5 Å². The lowest BCUT2D eigenvalue weighted by Gasteiger charge is -2.09. The molecule has 2 aromatic rings. The molecule has 0 radical (unpaired) electrons. The maximum Gasteiger partial charge on any atom is 0.185 e. The van der Waals surface area contributed by atoms with Crippen molar-refractivity contribution >= 4 is 33.3 Å². The summed E-state index contributed by atoms with van der Waals surface area (Å²) in [5.41, 5.74) is 1.67. The number of sulfone groups is 1. The highest BCUT2D eigenvalue weighted by Crippen LogP contribution is 2.30. The zero-order valence-electron chi connectivity index (χ0n) is 13.5. The minimum absolute atomic E-state index is 0.0312. The Morgan fingerprint density at radius 2 is 2.04 bits per heavy atom. The number of aromatic hydroxyl groups is 1. The molecule has 0 aliphatic carbocycles. The Morgan fingerprint density at radius 3 is 2.64 bits per heavy atom. The number of aromatic nitrogens is 2. The van der Waals surface area contributed by atoms with Crippen LogP contribution in [0.4, 0.5) is 0 Å². The van der Waals surface area contributed by atoms with E-state index in [0.29, 0.717) is 28.4 Å². The van der Waals surface area contributed by atoms with Gasteiger partial charge in [0.05, 0.1) is 23.2 Å². The molecule has 1 aliphatic heterocycles. The van der Waals surface area contributed by atoms with Gasteiger partial charge in [-0.05, 0) is 49.8 Å². The van der Waals surface area contributed by atoms with E-state index in [1.165, 1.54) is 35.0 Å². The first-order valence-electron chi connectivity index (χ1n) is 7.73. The van der Waals surface area contributed by atoms with Crippen LogP contribution in [0.5, 0.6) is 5.75 Å². The largest absolute Gasteiger partial charge is 0.508 e. The van der Waals surface area contributed by atoms with Gasteiger partial charge in [0.1, 0.15) is 10.9 Å². The van der Waals surface area contributed by atoms with E-state index in [0.717, 1.165) is 0 Å². The number of ketones is 1. The van der Waals surface area contributed by atoms with Crippen molar-refractivity contribution in [2.24, 2.45) is 0 Å². The molecule has 0 amide bonds. The van der Waals surface area contributed by atoms with Crippen molar-refractivity contribution in [3.05, 3.63) is 52.3 Å². The fraction of sp³-hybridized carbons (Fsp3) is 0.294. The van der Waals surface area contributed by atoms with Gasteiger partial charge >= 0.3 is 0 Å². The number of allylic oxidation sites excluding steroid dienone is 1. The molecule has 2 heterocycles. The lowest BCUT2D eigenvalue weighted by atomic mass is 10.1. The number of aryl methyl sites for hydroxylation is 1. The Bertz CT molecular complexity index is 946. The Morgan fingerprint density at radius 1 is 1.36 bits per heavy atom. The summed E-state index contributed by atoms with van der Waals surface area (Å²) in [5.74, 6) is 0.0276. The quantitative estimate of drug-likeness (QED) is 0.650. The number of hydrogen-bond acceptors (Lipinski definition) is 5. The minimum atomic E-state index is -3.04. The number of halogens is 1. The van der Waals surface area contributed by atoms with Crippen LogP contribution in [-0.2, 0) is 9.84 Å². The second-order valence-electron chi connectivity index (χ2n) is 6.04. The van der Waals surface area contributed by atoms with Gasteiger partial charge in [-0.3, -0.25) is 4.79 Å². The molecule has 25 heavy (non-hydrogen) atoms. The zero-order chi connectivity index (χ0) is 18.2. The van der Waals surface area contributed by atoms with Crippen molar-refractivity contribution in [3.8, 4) is 5.75 Å². The number of nitrogens with zero attached hydrogens (tertiary/aromatic N) is 2. The van der Waals surface area contributed by atoms with Crippen molar-refractivity contribution in [2.45, 2.75) is 19.4 Å². The third kappa shape index (κ3) is 3.77. The summed E-state index contributed by atoms with van der Waals surface area (Å²) in [6, 6.07) is 5.67. The molecule has 1 aromatic heterocycles. The lowest BCUT2D eigenvalue weighted by molar-refractivity contribution is 0.104. The summed E-state index contributed by atoms with van der Waals surface area (Å²) in [5, 5.41) is 13.9. The van der Waals surface area contributed by atoms with Gasteiger partial charge < -0.3 is 5.11 Å². The third-order valence-electron chi connectivity index (χ3n) is 4.18. The van der Waals surface area contributed by atoms with Gasteiger partial charge in [0.15, 0.2) is 15.6 Å². The molecule has 3 rings (SSSR count). The second-order valence-corrected chi connectivity index (χ2v) is 8.62. The van der Waals surface area contributed by atoms with E-state index in [1.54, 1.807) is 13.0 Å². The molecular formula is C17H17ClN2O4S. The number of hydrogen-bond donors (Lipinski definition) is 1. The van der Waals surface area contributed by atoms with E-state index >= 15 is 0 Å². The molecule has 132 valence electrons. The van der Waals surface area contributed by atoms with Crippen LogP contribution in [0, 0.1) is 6.92 Å². The SMILES string of the molecule is Cc1nn([C@@H]2CCS(=O)(=O)C2)c(Cl)c1/C=C/C(=O)c1ccc(O)cc1. The molecule has 0 unspecified atom stereocenters. The summed E-state index contributed by atoms with van der Waals surface area (Å²) in [7, 11) is -3.04. The molecule has 1 fully saturated rings. The predicted octanol–water partition coefficient (Wildman–Crippen LogP) is 2.81. The van der Waals surface area contributed by atoms with E-state index in [9.17, 15) is 18.3 Å². The van der Waals surface area contributed by atoms with Crippen molar-refractivity contribution in [1.29, 1.82) is 0 Å². The number of phenolic OH excluding ortho intramolecular Hbond substituents is 1. The fourth-order valence-corrected chi connectivity index (χ4v) is 4.88. The number of carbonyl (C=O) groups excluding carboxylic acids is 1. The van der Waals surface area contributed by atoms with Crippen LogP contribution < -0.4 is 0 Å².